The molecule has 174 valence electrons. The Balaban J connectivity index is 1.75. The first-order valence-corrected chi connectivity index (χ1v) is 9.87. The number of amides is 1. The summed E-state index contributed by atoms with van der Waals surface area (Å²) >= 11 is 0. The van der Waals surface area contributed by atoms with E-state index in [9.17, 15) is 22.8 Å². The molecule has 1 aromatic heterocycles. The molecular formula is C21H24F3N3O5. The van der Waals surface area contributed by atoms with E-state index < -0.39 is 41.5 Å². The van der Waals surface area contributed by atoms with Crippen LogP contribution in [0.3, 0.4) is 0 Å². The van der Waals surface area contributed by atoms with E-state index in [1.807, 2.05) is 0 Å². The van der Waals surface area contributed by atoms with Gasteiger partial charge in [0, 0.05) is 12.7 Å². The number of hydrogen-bond donors (Lipinski definition) is 1. The summed E-state index contributed by atoms with van der Waals surface area (Å²) in [5, 5.41) is 13.2. The van der Waals surface area contributed by atoms with E-state index in [0.717, 1.165) is 12.1 Å². The van der Waals surface area contributed by atoms with Crippen molar-refractivity contribution in [1.82, 2.24) is 14.7 Å². The van der Waals surface area contributed by atoms with Gasteiger partial charge in [-0.3, -0.25) is 4.68 Å². The third-order valence-corrected chi connectivity index (χ3v) is 4.80. The summed E-state index contributed by atoms with van der Waals surface area (Å²) in [6.45, 7) is 5.56. The van der Waals surface area contributed by atoms with Crippen molar-refractivity contribution in [2.75, 3.05) is 13.1 Å². The Labute approximate surface area is 182 Å². The van der Waals surface area contributed by atoms with Crippen molar-refractivity contribution in [3.63, 3.8) is 0 Å². The average Bonchev–Trinajstić information content (AvgIpc) is 3.32. The van der Waals surface area contributed by atoms with Crippen molar-refractivity contribution in [2.24, 2.45) is 0 Å². The summed E-state index contributed by atoms with van der Waals surface area (Å²) in [6.07, 6.45) is -4.06. The number of ether oxygens (including phenoxy) is 2. The zero-order valence-corrected chi connectivity index (χ0v) is 17.8. The second-order valence-corrected chi connectivity index (χ2v) is 8.48. The zero-order chi connectivity index (χ0) is 23.7. The van der Waals surface area contributed by atoms with Crippen LogP contribution in [-0.2, 0) is 22.3 Å². The van der Waals surface area contributed by atoms with Gasteiger partial charge in [-0.05, 0) is 44.5 Å². The van der Waals surface area contributed by atoms with Gasteiger partial charge in [-0.25, -0.2) is 9.59 Å². The van der Waals surface area contributed by atoms with Crippen molar-refractivity contribution >= 4 is 12.1 Å². The summed E-state index contributed by atoms with van der Waals surface area (Å²) < 4.78 is 51.0. The summed E-state index contributed by atoms with van der Waals surface area (Å²) in [5.74, 6) is -1.19. The van der Waals surface area contributed by atoms with Crippen molar-refractivity contribution in [3.8, 4) is 0 Å². The lowest BCUT2D eigenvalue weighted by Gasteiger charge is -2.24. The fourth-order valence-corrected chi connectivity index (χ4v) is 3.28. The number of hydrogen-bond acceptors (Lipinski definition) is 5. The molecule has 2 atom stereocenters. The Morgan fingerprint density at radius 2 is 1.78 bits per heavy atom. The SMILES string of the molecule is CC(C)(C)OC(=O)N1C[C@@H](n2ccc(C(=O)O)n2)[C@H](OCc2ccc(C(F)(F)F)cc2)C1. The molecule has 1 N–H and O–H groups in total. The van der Waals surface area contributed by atoms with Gasteiger partial charge in [0.2, 0.25) is 0 Å². The summed E-state index contributed by atoms with van der Waals surface area (Å²) in [6, 6.07) is 5.45. The first-order chi connectivity index (χ1) is 14.8. The highest BCUT2D eigenvalue weighted by molar-refractivity contribution is 5.85. The molecule has 1 aliphatic rings. The van der Waals surface area contributed by atoms with Crippen LogP contribution < -0.4 is 0 Å². The maximum Gasteiger partial charge on any atom is 0.416 e. The van der Waals surface area contributed by atoms with Crippen LogP contribution in [0.1, 0.15) is 48.4 Å². The molecule has 1 fully saturated rings. The number of carboxylic acid groups (broad SMARTS) is 1. The Kier molecular flexibility index (Phi) is 6.49. The van der Waals surface area contributed by atoms with E-state index in [1.165, 1.54) is 34.0 Å². The van der Waals surface area contributed by atoms with Crippen LogP contribution in [0, 0.1) is 0 Å². The smallest absolute Gasteiger partial charge is 0.416 e. The number of alkyl halides is 3. The molecule has 3 rings (SSSR count). The number of aromatic carboxylic acids is 1. The molecule has 2 aromatic rings. The van der Waals surface area contributed by atoms with Gasteiger partial charge in [0.05, 0.1) is 30.9 Å². The van der Waals surface area contributed by atoms with Gasteiger partial charge in [-0.1, -0.05) is 12.1 Å². The van der Waals surface area contributed by atoms with Crippen LogP contribution in [0.5, 0.6) is 0 Å². The minimum Gasteiger partial charge on any atom is -0.476 e. The number of nitrogens with zero attached hydrogens (tertiary/aromatic N) is 3. The Morgan fingerprint density at radius 3 is 2.31 bits per heavy atom. The molecule has 0 aliphatic carbocycles. The number of rotatable bonds is 5. The minimum absolute atomic E-state index is 0.00845. The predicted octanol–water partition coefficient (Wildman–Crippen LogP) is 3.98. The van der Waals surface area contributed by atoms with Crippen molar-refractivity contribution in [2.45, 2.75) is 51.3 Å². The van der Waals surface area contributed by atoms with E-state index in [1.54, 1.807) is 20.8 Å². The van der Waals surface area contributed by atoms with Gasteiger partial charge >= 0.3 is 18.2 Å². The lowest BCUT2D eigenvalue weighted by atomic mass is 10.1. The third-order valence-electron chi connectivity index (χ3n) is 4.80. The van der Waals surface area contributed by atoms with Crippen LogP contribution >= 0.6 is 0 Å². The average molecular weight is 455 g/mol. The molecule has 1 aliphatic heterocycles. The molecule has 1 aromatic carbocycles. The van der Waals surface area contributed by atoms with Gasteiger partial charge in [-0.2, -0.15) is 18.3 Å². The number of halogens is 3. The van der Waals surface area contributed by atoms with Crippen LogP contribution in [0.15, 0.2) is 36.5 Å². The monoisotopic (exact) mass is 455 g/mol. The van der Waals surface area contributed by atoms with Gasteiger partial charge < -0.3 is 19.5 Å². The highest BCUT2D eigenvalue weighted by atomic mass is 19.4. The zero-order valence-electron chi connectivity index (χ0n) is 17.8. The van der Waals surface area contributed by atoms with Crippen LogP contribution in [0.4, 0.5) is 18.0 Å². The van der Waals surface area contributed by atoms with Crippen molar-refractivity contribution in [1.29, 1.82) is 0 Å². The van der Waals surface area contributed by atoms with Crippen molar-refractivity contribution in [3.05, 3.63) is 53.3 Å². The fraction of sp³-hybridized carbons (Fsp3) is 0.476. The van der Waals surface area contributed by atoms with E-state index in [-0.39, 0.29) is 25.4 Å². The van der Waals surface area contributed by atoms with E-state index in [4.69, 9.17) is 14.6 Å². The van der Waals surface area contributed by atoms with Gasteiger partial charge in [0.15, 0.2) is 5.69 Å². The van der Waals surface area contributed by atoms with Crippen LogP contribution in [0.25, 0.3) is 0 Å². The molecule has 8 nitrogen and oxygen atoms in total. The second-order valence-electron chi connectivity index (χ2n) is 8.48. The lowest BCUT2D eigenvalue weighted by Crippen LogP contribution is -2.36. The van der Waals surface area contributed by atoms with E-state index in [0.29, 0.717) is 5.56 Å². The van der Waals surface area contributed by atoms with Gasteiger partial charge in [0.25, 0.3) is 0 Å². The molecule has 0 bridgehead atoms. The molecule has 0 spiro atoms. The number of carboxylic acids is 1. The number of carbonyl (C=O) groups excluding carboxylic acids is 1. The molecule has 1 saturated heterocycles. The summed E-state index contributed by atoms with van der Waals surface area (Å²) in [4.78, 5) is 25.1. The predicted molar refractivity (Wildman–Crippen MR) is 106 cm³/mol. The standard InChI is InChI=1S/C21H24F3N3O5/c1-20(2,3)32-19(30)26-10-16(27-9-8-15(25-27)18(28)29)17(11-26)31-12-13-4-6-14(7-5-13)21(22,23)24/h4-9,16-17H,10-12H2,1-3H3,(H,28,29)/t16-,17-/m1/s1. The van der Waals surface area contributed by atoms with E-state index >= 15 is 0 Å². The molecule has 2 heterocycles. The first-order valence-electron chi connectivity index (χ1n) is 9.87. The molecule has 0 saturated carbocycles. The first kappa shape index (κ1) is 23.6. The number of likely N-dealkylation sites (tertiary alicyclic amines) is 1. The Hall–Kier alpha value is -3.08. The van der Waals surface area contributed by atoms with Gasteiger partial charge in [0.1, 0.15) is 5.60 Å². The molecular weight excluding hydrogens is 431 g/mol. The molecule has 0 unspecified atom stereocenters. The van der Waals surface area contributed by atoms with Gasteiger partial charge in [-0.15, -0.1) is 0 Å². The summed E-state index contributed by atoms with van der Waals surface area (Å²) in [5.41, 5.74) is -1.08. The summed E-state index contributed by atoms with van der Waals surface area (Å²) in [7, 11) is 0. The Bertz CT molecular complexity index is 966. The fourth-order valence-electron chi connectivity index (χ4n) is 3.28. The molecule has 1 amide bonds. The third kappa shape index (κ3) is 5.78. The molecule has 11 heteroatoms. The molecule has 32 heavy (non-hydrogen) atoms. The van der Waals surface area contributed by atoms with Crippen LogP contribution in [0.2, 0.25) is 0 Å². The number of aromatic nitrogens is 2. The quantitative estimate of drug-likeness (QED) is 0.733. The normalized spacial score (nSPS) is 19.2. The minimum atomic E-state index is -4.42. The molecule has 0 radical (unpaired) electrons. The second kappa shape index (κ2) is 8.81. The maximum absolute atomic E-state index is 12.8. The largest absolute Gasteiger partial charge is 0.476 e. The van der Waals surface area contributed by atoms with Crippen molar-refractivity contribution < 1.29 is 37.3 Å². The topological polar surface area (TPSA) is 93.9 Å². The maximum atomic E-state index is 12.8. The highest BCUT2D eigenvalue weighted by Gasteiger charge is 2.39. The lowest BCUT2D eigenvalue weighted by molar-refractivity contribution is -0.137. The van der Waals surface area contributed by atoms with Crippen LogP contribution in [-0.4, -0.2) is 56.6 Å². The van der Waals surface area contributed by atoms with E-state index in [2.05, 4.69) is 5.10 Å². The number of benzene rings is 1. The Morgan fingerprint density at radius 1 is 1.12 bits per heavy atom. The highest BCUT2D eigenvalue weighted by Crippen LogP contribution is 2.30. The number of carbonyl (C=O) groups is 2.